The van der Waals surface area contributed by atoms with Crippen LogP contribution in [0, 0.1) is 0 Å². The van der Waals surface area contributed by atoms with Crippen LogP contribution in [0.1, 0.15) is 6.92 Å². The normalized spacial score (nSPS) is 16.2. The van der Waals surface area contributed by atoms with Crippen LogP contribution in [0.25, 0.3) is 0 Å². The smallest absolute Gasteiger partial charge is 0.0689 e. The van der Waals surface area contributed by atoms with Gasteiger partial charge in [0.25, 0.3) is 0 Å². The van der Waals surface area contributed by atoms with Gasteiger partial charge >= 0.3 is 0 Å². The molecule has 0 aliphatic rings. The fourth-order valence-electron chi connectivity index (χ4n) is 0.190. The lowest BCUT2D eigenvalue weighted by atomic mass is 10.3. The molecule has 0 saturated heterocycles. The van der Waals surface area contributed by atoms with Crippen LogP contribution in [-0.4, -0.2) is 11.3 Å². The van der Waals surface area contributed by atoms with Crippen LogP contribution in [0.3, 0.4) is 0 Å². The molecule has 0 heterocycles. The van der Waals surface area contributed by atoms with Crippen molar-refractivity contribution in [2.45, 2.75) is 12.3 Å². The molecule has 0 bridgehead atoms. The maximum Gasteiger partial charge on any atom is 0.0689 e. The maximum atomic E-state index is 5.63. The van der Waals surface area contributed by atoms with Gasteiger partial charge in [0, 0.05) is 11.4 Å². The summed E-state index contributed by atoms with van der Waals surface area (Å²) in [5.41, 5.74) is 2.35. The molecule has 0 rings (SSSR count). The first-order chi connectivity index (χ1) is 3.72. The van der Waals surface area contributed by atoms with Crippen molar-refractivity contribution in [3.05, 3.63) is 11.1 Å². The molecule has 0 radical (unpaired) electrons. The molecule has 0 aliphatic heterocycles. The van der Waals surface area contributed by atoms with Gasteiger partial charge in [0.1, 0.15) is 0 Å². The minimum Gasteiger partial charge on any atom is -0.125 e. The van der Waals surface area contributed by atoms with Gasteiger partial charge < -0.3 is 0 Å². The molecule has 8 heavy (non-hydrogen) atoms. The van der Waals surface area contributed by atoms with Crippen molar-refractivity contribution >= 4 is 34.8 Å². The van der Waals surface area contributed by atoms with E-state index in [0.717, 1.165) is 5.57 Å². The number of hydrogen-bond acceptors (Lipinski definition) is 0. The van der Waals surface area contributed by atoms with Gasteiger partial charge in [0.05, 0.1) is 5.38 Å². The quantitative estimate of drug-likeness (QED) is 0.563. The van der Waals surface area contributed by atoms with Crippen LogP contribution in [0.4, 0.5) is 0 Å². The lowest BCUT2D eigenvalue weighted by molar-refractivity contribution is 1.12. The highest BCUT2D eigenvalue weighted by atomic mass is 35.5. The van der Waals surface area contributed by atoms with E-state index < -0.39 is 0 Å². The van der Waals surface area contributed by atoms with Crippen molar-refractivity contribution in [1.29, 1.82) is 0 Å². The first-order valence-electron chi connectivity index (χ1n) is 2.19. The van der Waals surface area contributed by atoms with Crippen LogP contribution >= 0.6 is 34.8 Å². The fraction of sp³-hybridized carbons (Fsp3) is 0.600. The van der Waals surface area contributed by atoms with Crippen molar-refractivity contribution in [2.24, 2.45) is 0 Å². The largest absolute Gasteiger partial charge is 0.125 e. The summed E-state index contributed by atoms with van der Waals surface area (Å²) in [5, 5.41) is -0.117. The Bertz CT molecular complexity index is 87.7. The average molecular weight is 173 g/mol. The summed E-state index contributed by atoms with van der Waals surface area (Å²) < 4.78 is 0. The van der Waals surface area contributed by atoms with Gasteiger partial charge in [-0.1, -0.05) is 11.6 Å². The Hall–Kier alpha value is 0.610. The molecule has 0 saturated carbocycles. The van der Waals surface area contributed by atoms with E-state index in [4.69, 9.17) is 34.8 Å². The molecule has 0 N–H and O–H groups in total. The van der Waals surface area contributed by atoms with E-state index >= 15 is 0 Å². The molecule has 48 valence electrons. The molecule has 1 unspecified atom stereocenters. The van der Waals surface area contributed by atoms with E-state index in [1.165, 1.54) is 5.54 Å². The molecule has 0 fully saturated rings. The van der Waals surface area contributed by atoms with Crippen molar-refractivity contribution in [1.82, 2.24) is 0 Å². The van der Waals surface area contributed by atoms with Gasteiger partial charge in [-0.25, -0.2) is 0 Å². The van der Waals surface area contributed by atoms with E-state index in [9.17, 15) is 0 Å². The Morgan fingerprint density at radius 3 is 2.38 bits per heavy atom. The van der Waals surface area contributed by atoms with Gasteiger partial charge in [-0.2, -0.15) is 0 Å². The molecule has 1 atom stereocenters. The summed E-state index contributed by atoms with van der Waals surface area (Å²) >= 11 is 16.3. The van der Waals surface area contributed by atoms with Crippen LogP contribution in [0.2, 0.25) is 0 Å². The summed E-state index contributed by atoms with van der Waals surface area (Å²) in [4.78, 5) is 0. The third kappa shape index (κ3) is 2.81. The Morgan fingerprint density at radius 1 is 1.75 bits per heavy atom. The van der Waals surface area contributed by atoms with E-state index in [1.807, 2.05) is 6.92 Å². The van der Waals surface area contributed by atoms with Crippen LogP contribution in [-0.2, 0) is 0 Å². The number of rotatable bonds is 2. The number of hydrogen-bond donors (Lipinski definition) is 0. The Morgan fingerprint density at radius 2 is 2.25 bits per heavy atom. The summed E-state index contributed by atoms with van der Waals surface area (Å²) in [5.74, 6) is 0.413. The predicted molar refractivity (Wildman–Crippen MR) is 40.0 cm³/mol. The van der Waals surface area contributed by atoms with Gasteiger partial charge in [0.15, 0.2) is 0 Å². The van der Waals surface area contributed by atoms with Crippen molar-refractivity contribution in [3.8, 4) is 0 Å². The summed E-state index contributed by atoms with van der Waals surface area (Å²) in [7, 11) is 0. The first kappa shape index (κ1) is 8.61. The average Bonchev–Trinajstić information content (AvgIpc) is 1.84. The summed E-state index contributed by atoms with van der Waals surface area (Å²) in [6.45, 7) is 1.84. The van der Waals surface area contributed by atoms with Crippen LogP contribution in [0.15, 0.2) is 11.1 Å². The maximum absolute atomic E-state index is 5.63. The standard InChI is InChI=1S/C5H7Cl3/c1-4(2-6)5(8)3-7/h2,5H,3H2,1H3/b4-2-. The topological polar surface area (TPSA) is 0 Å². The van der Waals surface area contributed by atoms with Crippen molar-refractivity contribution in [3.63, 3.8) is 0 Å². The zero-order valence-electron chi connectivity index (χ0n) is 4.50. The van der Waals surface area contributed by atoms with E-state index in [-0.39, 0.29) is 5.38 Å². The lowest BCUT2D eigenvalue weighted by Crippen LogP contribution is -1.99. The van der Waals surface area contributed by atoms with Gasteiger partial charge in [-0.05, 0) is 12.5 Å². The van der Waals surface area contributed by atoms with Gasteiger partial charge in [-0.15, -0.1) is 23.2 Å². The molecular weight excluding hydrogens is 166 g/mol. The zero-order chi connectivity index (χ0) is 6.57. The highest BCUT2D eigenvalue weighted by molar-refractivity contribution is 6.31. The molecule has 0 nitrogen and oxygen atoms in total. The Kier molecular flexibility index (Phi) is 4.83. The van der Waals surface area contributed by atoms with Gasteiger partial charge in [-0.3, -0.25) is 0 Å². The molecule has 3 heteroatoms. The van der Waals surface area contributed by atoms with Crippen LogP contribution in [0.5, 0.6) is 0 Å². The lowest BCUT2D eigenvalue weighted by Gasteiger charge is -2.01. The Balaban J connectivity index is 3.63. The third-order valence-electron chi connectivity index (χ3n) is 0.802. The van der Waals surface area contributed by atoms with E-state index in [0.29, 0.717) is 5.88 Å². The molecule has 0 spiro atoms. The summed E-state index contributed by atoms with van der Waals surface area (Å²) in [6, 6.07) is 0. The van der Waals surface area contributed by atoms with E-state index in [2.05, 4.69) is 0 Å². The highest BCUT2D eigenvalue weighted by Crippen LogP contribution is 2.10. The second-order valence-electron chi connectivity index (χ2n) is 1.47. The van der Waals surface area contributed by atoms with Gasteiger partial charge in [0.2, 0.25) is 0 Å². The second-order valence-corrected chi connectivity index (χ2v) is 2.53. The predicted octanol–water partition coefficient (Wildman–Crippen LogP) is 2.98. The minimum absolute atomic E-state index is 0.117. The van der Waals surface area contributed by atoms with Crippen molar-refractivity contribution < 1.29 is 0 Å². The molecular formula is C5H7Cl3. The molecule has 0 aliphatic carbocycles. The molecule has 0 amide bonds. The van der Waals surface area contributed by atoms with Crippen molar-refractivity contribution in [2.75, 3.05) is 5.88 Å². The molecule has 0 aromatic heterocycles. The first-order valence-corrected chi connectivity index (χ1v) is 3.60. The Labute approximate surface area is 64.4 Å². The SMILES string of the molecule is C/C(=C/Cl)C(Cl)CCl. The zero-order valence-corrected chi connectivity index (χ0v) is 6.76. The fourth-order valence-corrected chi connectivity index (χ4v) is 0.713. The molecule has 0 aromatic rings. The van der Waals surface area contributed by atoms with E-state index in [1.54, 1.807) is 0 Å². The minimum atomic E-state index is -0.117. The third-order valence-corrected chi connectivity index (χ3v) is 2.11. The monoisotopic (exact) mass is 172 g/mol. The highest BCUT2D eigenvalue weighted by Gasteiger charge is 2.01. The number of alkyl halides is 2. The number of halogens is 3. The second kappa shape index (κ2) is 4.49. The summed E-state index contributed by atoms with van der Waals surface area (Å²) in [6.07, 6.45) is 0. The molecule has 0 aromatic carbocycles. The number of allylic oxidation sites excluding steroid dienone is 1. The van der Waals surface area contributed by atoms with Crippen LogP contribution < -0.4 is 0 Å².